The van der Waals surface area contributed by atoms with E-state index in [9.17, 15) is 39.3 Å². The van der Waals surface area contributed by atoms with E-state index in [1.165, 1.54) is 12.0 Å². The molecule has 0 spiro atoms. The van der Waals surface area contributed by atoms with Crippen LogP contribution in [-0.2, 0) is 52.4 Å². The molecule has 0 aromatic rings. The predicted molar refractivity (Wildman–Crippen MR) is 256 cm³/mol. The third-order valence-electron chi connectivity index (χ3n) is 14.9. The van der Waals surface area contributed by atoms with Gasteiger partial charge >= 0.3 is 5.97 Å². The number of rotatable bonds is 9. The van der Waals surface area contributed by atoms with Gasteiger partial charge in [-0.1, -0.05) is 71.1 Å². The highest BCUT2D eigenvalue weighted by molar-refractivity contribution is 6.39. The highest BCUT2D eigenvalue weighted by atomic mass is 16.6. The van der Waals surface area contributed by atoms with E-state index in [1.807, 2.05) is 58.1 Å². The Labute approximate surface area is 405 Å². The van der Waals surface area contributed by atoms with Gasteiger partial charge in [-0.25, -0.2) is 4.79 Å². The van der Waals surface area contributed by atoms with Gasteiger partial charge < -0.3 is 48.6 Å². The number of aliphatic hydroxyl groups is 3. The van der Waals surface area contributed by atoms with Crippen LogP contribution in [0.15, 0.2) is 47.6 Å². The summed E-state index contributed by atoms with van der Waals surface area (Å²) in [5, 5.41) is 32.8. The van der Waals surface area contributed by atoms with Gasteiger partial charge in [-0.15, -0.1) is 0 Å². The Morgan fingerprint density at radius 1 is 0.868 bits per heavy atom. The van der Waals surface area contributed by atoms with Crippen molar-refractivity contribution in [1.82, 2.24) is 4.90 Å². The molecule has 4 aliphatic rings. The Balaban J connectivity index is 1.70. The summed E-state index contributed by atoms with van der Waals surface area (Å²) >= 11 is 0. The minimum atomic E-state index is -2.43. The molecule has 68 heavy (non-hydrogen) atoms. The Morgan fingerprint density at radius 3 is 2.28 bits per heavy atom. The van der Waals surface area contributed by atoms with Gasteiger partial charge in [-0.05, 0) is 107 Å². The fourth-order valence-corrected chi connectivity index (χ4v) is 10.5. The molecule has 15 atom stereocenters. The molecule has 15 nitrogen and oxygen atoms in total. The van der Waals surface area contributed by atoms with E-state index in [2.05, 4.69) is 0 Å². The molecule has 1 amide bonds. The molecule has 4 rings (SSSR count). The highest BCUT2D eigenvalue weighted by Crippen LogP contribution is 2.38. The highest BCUT2D eigenvalue weighted by Gasteiger charge is 2.53. The quantitative estimate of drug-likeness (QED) is 0.174. The van der Waals surface area contributed by atoms with Crippen LogP contribution in [0.2, 0.25) is 0 Å². The molecule has 1 saturated carbocycles. The number of ether oxygens (including phenoxy) is 6. The van der Waals surface area contributed by atoms with Crippen LogP contribution in [0.4, 0.5) is 0 Å². The number of nitrogens with zero attached hydrogens (tertiary/aromatic N) is 1. The molecule has 2 bridgehead atoms. The van der Waals surface area contributed by atoms with Gasteiger partial charge in [0.1, 0.15) is 18.2 Å². The van der Waals surface area contributed by atoms with Crippen LogP contribution in [0.25, 0.3) is 0 Å². The molecule has 384 valence electrons. The molecule has 1 unspecified atom stereocenters. The summed E-state index contributed by atoms with van der Waals surface area (Å²) < 4.78 is 35.6. The second-order valence-electron chi connectivity index (χ2n) is 20.2. The predicted octanol–water partition coefficient (Wildman–Crippen LogP) is 6.20. The molecule has 1 aliphatic carbocycles. The standard InChI is InChI=1S/C53H83NO14/c1-32-16-12-11-13-17-33(2)44(63-8)30-40-21-19-38(7)53(62,68-40)50(59)51(60)54-23-15-14-18-41(54)52(61)67-45(35(4)28-39-20-22-43(66-25-24-55)46(29-39)64-9)31-42(56)34(3)27-37(6)48(58)49(65-10)47(57)36(5)26-32/h11-13,16-17,27,32,35-41,43-46,48-49,55,58,62H,14-15,18-26,28-31H2,1-10H3/t32-,35+,36-,37?,38-,39+,40-,41+,43+,44+,45+,46-,48-,49-,53-/m1/s1. The molecule has 3 heterocycles. The zero-order valence-electron chi connectivity index (χ0n) is 42.4. The number of ketones is 3. The summed E-state index contributed by atoms with van der Waals surface area (Å²) in [4.78, 5) is 72.1. The molecule has 3 fully saturated rings. The summed E-state index contributed by atoms with van der Waals surface area (Å²) in [7, 11) is 4.59. The molecule has 0 radical (unpaired) electrons. The van der Waals surface area contributed by atoms with Gasteiger partial charge in [0.2, 0.25) is 5.79 Å². The molecule has 2 saturated heterocycles. The van der Waals surface area contributed by atoms with Gasteiger partial charge in [0, 0.05) is 58.5 Å². The third kappa shape index (κ3) is 15.3. The van der Waals surface area contributed by atoms with Crippen molar-refractivity contribution in [2.75, 3.05) is 41.1 Å². The number of amides is 1. The van der Waals surface area contributed by atoms with Gasteiger partial charge in [-0.2, -0.15) is 0 Å². The Hall–Kier alpha value is -3.41. The Kier molecular flexibility index (Phi) is 22.9. The molecule has 3 aliphatic heterocycles. The summed E-state index contributed by atoms with van der Waals surface area (Å²) in [6.45, 7) is 12.9. The van der Waals surface area contributed by atoms with Crippen molar-refractivity contribution in [2.24, 2.45) is 35.5 Å². The minimum absolute atomic E-state index is 0.0185. The lowest BCUT2D eigenvalue weighted by Crippen LogP contribution is -2.61. The van der Waals surface area contributed by atoms with Crippen LogP contribution in [0.1, 0.15) is 126 Å². The first-order valence-corrected chi connectivity index (χ1v) is 25.0. The van der Waals surface area contributed by atoms with E-state index in [-0.39, 0.29) is 74.1 Å². The van der Waals surface area contributed by atoms with Gasteiger partial charge in [0.25, 0.3) is 11.7 Å². The summed E-state index contributed by atoms with van der Waals surface area (Å²) in [6.07, 6.45) is 12.0. The topological polar surface area (TPSA) is 205 Å². The zero-order chi connectivity index (χ0) is 50.3. The molecular weight excluding hydrogens is 875 g/mol. The lowest BCUT2D eigenvalue weighted by Gasteiger charge is -2.42. The third-order valence-corrected chi connectivity index (χ3v) is 14.9. The molecule has 15 heteroatoms. The number of piperidine rings is 1. The minimum Gasteiger partial charge on any atom is -0.460 e. The fourth-order valence-electron chi connectivity index (χ4n) is 10.5. The summed E-state index contributed by atoms with van der Waals surface area (Å²) in [6, 6.07) is -1.15. The normalized spacial score (nSPS) is 36.7. The van der Waals surface area contributed by atoms with E-state index in [0.29, 0.717) is 63.4 Å². The molecular formula is C53H83NO14. The van der Waals surface area contributed by atoms with Gasteiger partial charge in [-0.3, -0.25) is 19.2 Å². The van der Waals surface area contributed by atoms with Crippen LogP contribution in [0.5, 0.6) is 0 Å². The fraction of sp³-hybridized carbons (Fsp3) is 0.755. The number of allylic oxidation sites excluding steroid dienone is 6. The van der Waals surface area contributed by atoms with Crippen LogP contribution in [0, 0.1) is 35.5 Å². The number of hydrogen-bond acceptors (Lipinski definition) is 14. The summed E-state index contributed by atoms with van der Waals surface area (Å²) in [5.41, 5.74) is 1.19. The van der Waals surface area contributed by atoms with Crippen molar-refractivity contribution in [2.45, 2.75) is 180 Å². The number of carbonyl (C=O) groups excluding carboxylic acids is 5. The maximum absolute atomic E-state index is 14.5. The number of aliphatic hydroxyl groups excluding tert-OH is 2. The number of Topliss-reactive ketones (excluding diaryl/α,β-unsaturated/α-hetero) is 3. The van der Waals surface area contributed by atoms with E-state index < -0.39 is 77.8 Å². The van der Waals surface area contributed by atoms with E-state index in [0.717, 1.165) is 12.0 Å². The summed E-state index contributed by atoms with van der Waals surface area (Å²) in [5.74, 6) is -7.94. The van der Waals surface area contributed by atoms with Crippen molar-refractivity contribution < 1.29 is 67.7 Å². The smallest absolute Gasteiger partial charge is 0.329 e. The largest absolute Gasteiger partial charge is 0.460 e. The lowest BCUT2D eigenvalue weighted by molar-refractivity contribution is -0.265. The Bertz CT molecular complexity index is 1810. The van der Waals surface area contributed by atoms with Crippen LogP contribution < -0.4 is 0 Å². The lowest BCUT2D eigenvalue weighted by atomic mass is 9.78. The van der Waals surface area contributed by atoms with Crippen molar-refractivity contribution in [3.8, 4) is 0 Å². The first kappa shape index (κ1) is 57.2. The van der Waals surface area contributed by atoms with E-state index in [4.69, 9.17) is 28.4 Å². The second-order valence-corrected chi connectivity index (χ2v) is 20.2. The molecule has 0 aromatic carbocycles. The van der Waals surface area contributed by atoms with E-state index in [1.54, 1.807) is 41.1 Å². The zero-order valence-corrected chi connectivity index (χ0v) is 42.4. The van der Waals surface area contributed by atoms with Crippen molar-refractivity contribution in [1.29, 1.82) is 0 Å². The molecule has 0 aromatic heterocycles. The van der Waals surface area contributed by atoms with E-state index >= 15 is 0 Å². The number of fused-ring (bicyclic) bond motifs is 3. The SMILES string of the molecule is CO[C@H]1C[C@H]2CC[C@@H](C)[C@@](O)(O2)C(=O)C(=O)N2CCCC[C@H]2C(=O)O[C@H]([C@@H](C)C[C@@H]2CC[C@H](OCCO)[C@H](OC)C2)CC(=O)C(C)=CC(C)[C@@H](O)[C@H](OC)C(=O)[C@H](C)C[C@H](C)C=CC=CC=C1C. The maximum Gasteiger partial charge on any atom is 0.329 e. The number of carbonyl (C=O) groups is 5. The van der Waals surface area contributed by atoms with Gasteiger partial charge in [0.15, 0.2) is 11.6 Å². The van der Waals surface area contributed by atoms with Gasteiger partial charge in [0.05, 0.1) is 43.7 Å². The number of hydrogen-bond donors (Lipinski definition) is 3. The second kappa shape index (κ2) is 27.3. The monoisotopic (exact) mass is 958 g/mol. The average molecular weight is 958 g/mol. The number of methoxy groups -OCH3 is 3. The maximum atomic E-state index is 14.5. The van der Waals surface area contributed by atoms with Crippen LogP contribution in [-0.4, -0.2) is 145 Å². The Morgan fingerprint density at radius 2 is 1.60 bits per heavy atom. The van der Waals surface area contributed by atoms with Crippen molar-refractivity contribution in [3.05, 3.63) is 47.6 Å². The van der Waals surface area contributed by atoms with Crippen molar-refractivity contribution >= 4 is 29.2 Å². The first-order chi connectivity index (χ1) is 32.3. The first-order valence-electron chi connectivity index (χ1n) is 25.0. The number of esters is 1. The van der Waals surface area contributed by atoms with Crippen LogP contribution in [0.3, 0.4) is 0 Å². The molecule has 3 N–H and O–H groups in total. The van der Waals surface area contributed by atoms with Crippen LogP contribution >= 0.6 is 0 Å². The average Bonchev–Trinajstić information content (AvgIpc) is 3.32. The number of cyclic esters (lactones) is 1. The van der Waals surface area contributed by atoms with Crippen molar-refractivity contribution in [3.63, 3.8) is 0 Å².